The van der Waals surface area contributed by atoms with E-state index in [9.17, 15) is 4.79 Å². The summed E-state index contributed by atoms with van der Waals surface area (Å²) in [4.78, 5) is 22.9. The lowest BCUT2D eigenvalue weighted by Crippen LogP contribution is -2.34. The number of carbonyl (C=O) groups excluding carboxylic acids is 1. The summed E-state index contributed by atoms with van der Waals surface area (Å²) in [7, 11) is 1.57. The van der Waals surface area contributed by atoms with Crippen molar-refractivity contribution in [3.8, 4) is 11.4 Å². The number of likely N-dealkylation sites (tertiary alicyclic amines) is 1. The van der Waals surface area contributed by atoms with Crippen molar-refractivity contribution in [3.05, 3.63) is 24.5 Å². The highest BCUT2D eigenvalue weighted by molar-refractivity contribution is 5.93. The number of anilines is 1. The van der Waals surface area contributed by atoms with Crippen LogP contribution in [0.25, 0.3) is 5.69 Å². The van der Waals surface area contributed by atoms with Crippen LogP contribution in [0.15, 0.2) is 24.5 Å². The van der Waals surface area contributed by atoms with Crippen LogP contribution >= 0.6 is 0 Å². The number of methoxy groups -OCH3 is 1. The Morgan fingerprint density at radius 1 is 1.30 bits per heavy atom. The number of carboxylic acid groups (broad SMARTS) is 1. The Bertz CT molecular complexity index is 714. The highest BCUT2D eigenvalue weighted by atomic mass is 16.5. The fraction of sp³-hybridized carbons (Fsp3) is 0.471. The molecular weight excluding hydrogens is 352 g/mol. The quantitative estimate of drug-likeness (QED) is 0.746. The largest absolute Gasteiger partial charge is 0.494 e. The van der Waals surface area contributed by atoms with E-state index < -0.39 is 0 Å². The van der Waals surface area contributed by atoms with Crippen LogP contribution in [0, 0.1) is 0 Å². The number of nitrogens with one attached hydrogen (secondary N) is 1. The van der Waals surface area contributed by atoms with Gasteiger partial charge in [-0.05, 0) is 48.5 Å². The zero-order valence-corrected chi connectivity index (χ0v) is 15.2. The van der Waals surface area contributed by atoms with E-state index >= 15 is 0 Å². The second-order valence-corrected chi connectivity index (χ2v) is 5.98. The van der Waals surface area contributed by atoms with Gasteiger partial charge in [0.2, 0.25) is 5.91 Å². The zero-order chi connectivity index (χ0) is 19.5. The van der Waals surface area contributed by atoms with Gasteiger partial charge in [-0.1, -0.05) is 12.8 Å². The lowest BCUT2D eigenvalue weighted by atomic mass is 10.2. The number of hydrogen-bond acceptors (Lipinski definition) is 7. The minimum atomic E-state index is -0.250. The molecule has 146 valence electrons. The van der Waals surface area contributed by atoms with Gasteiger partial charge in [-0.3, -0.25) is 14.5 Å². The molecule has 3 rings (SSSR count). The predicted molar refractivity (Wildman–Crippen MR) is 97.9 cm³/mol. The van der Waals surface area contributed by atoms with Crippen molar-refractivity contribution in [1.82, 2.24) is 25.1 Å². The molecule has 0 bridgehead atoms. The van der Waals surface area contributed by atoms with Gasteiger partial charge in [0.25, 0.3) is 6.47 Å². The molecule has 27 heavy (non-hydrogen) atoms. The summed E-state index contributed by atoms with van der Waals surface area (Å²) in [6.45, 7) is 2.14. The van der Waals surface area contributed by atoms with Gasteiger partial charge in [-0.15, -0.1) is 5.10 Å². The Morgan fingerprint density at radius 3 is 2.59 bits per heavy atom. The van der Waals surface area contributed by atoms with Gasteiger partial charge < -0.3 is 15.2 Å². The molecular formula is C17H24N6O4. The standard InChI is InChI=1S/C16H22N6O2.CH2O2/c1-24-15-10-13(22-12-17-19-20-22)6-7-14(15)18-16(23)11-21-8-4-2-3-5-9-21;2-1-3/h6-7,10,12H,2-5,8-9,11H2,1H3,(H,18,23);1H,(H,2,3). The number of benzene rings is 1. The Morgan fingerprint density at radius 2 is 2.00 bits per heavy atom. The zero-order valence-electron chi connectivity index (χ0n) is 15.2. The molecule has 0 atom stereocenters. The molecule has 10 heteroatoms. The van der Waals surface area contributed by atoms with Crippen LogP contribution in [0.2, 0.25) is 0 Å². The average Bonchev–Trinajstić information content (AvgIpc) is 3.08. The van der Waals surface area contributed by atoms with Gasteiger partial charge in [0.15, 0.2) is 0 Å². The average molecular weight is 376 g/mol. The van der Waals surface area contributed by atoms with Crippen LogP contribution in [0.3, 0.4) is 0 Å². The Hall–Kier alpha value is -3.01. The first-order valence-corrected chi connectivity index (χ1v) is 8.69. The molecule has 1 aliphatic rings. The van der Waals surface area contributed by atoms with Crippen molar-refractivity contribution < 1.29 is 19.4 Å². The third-order valence-corrected chi connectivity index (χ3v) is 4.14. The van der Waals surface area contributed by atoms with Crippen LogP contribution in [-0.2, 0) is 9.59 Å². The summed E-state index contributed by atoms with van der Waals surface area (Å²) in [6.07, 6.45) is 6.34. The molecule has 1 aliphatic heterocycles. The van der Waals surface area contributed by atoms with Crippen LogP contribution in [0.4, 0.5) is 5.69 Å². The molecule has 1 amide bonds. The van der Waals surface area contributed by atoms with Crippen molar-refractivity contribution >= 4 is 18.1 Å². The van der Waals surface area contributed by atoms with Crippen molar-refractivity contribution in [2.75, 3.05) is 32.1 Å². The maximum Gasteiger partial charge on any atom is 0.290 e. The first kappa shape index (κ1) is 20.3. The first-order valence-electron chi connectivity index (χ1n) is 8.69. The summed E-state index contributed by atoms with van der Waals surface area (Å²) in [5.41, 5.74) is 1.41. The normalized spacial score (nSPS) is 14.4. The van der Waals surface area contributed by atoms with E-state index in [0.29, 0.717) is 18.0 Å². The topological polar surface area (TPSA) is 122 Å². The fourth-order valence-electron chi connectivity index (χ4n) is 2.89. The molecule has 0 saturated carbocycles. The molecule has 10 nitrogen and oxygen atoms in total. The van der Waals surface area contributed by atoms with Crippen molar-refractivity contribution in [2.45, 2.75) is 25.7 Å². The molecule has 1 saturated heterocycles. The van der Waals surface area contributed by atoms with Crippen LogP contribution in [-0.4, -0.2) is 69.3 Å². The molecule has 0 radical (unpaired) electrons. The van der Waals surface area contributed by atoms with Gasteiger partial charge in [-0.2, -0.15) is 0 Å². The van der Waals surface area contributed by atoms with Crippen molar-refractivity contribution in [2.24, 2.45) is 0 Å². The van der Waals surface area contributed by atoms with E-state index in [4.69, 9.17) is 14.6 Å². The Balaban J connectivity index is 0.000000817. The number of rotatable bonds is 5. The van der Waals surface area contributed by atoms with Crippen LogP contribution in [0.1, 0.15) is 25.7 Å². The molecule has 1 aromatic heterocycles. The number of ether oxygens (including phenoxy) is 1. The second kappa shape index (κ2) is 10.9. The van der Waals surface area contributed by atoms with Crippen molar-refractivity contribution in [1.29, 1.82) is 0 Å². The predicted octanol–water partition coefficient (Wildman–Crippen LogP) is 1.19. The van der Waals surface area contributed by atoms with E-state index in [0.717, 1.165) is 31.6 Å². The number of carbonyl (C=O) groups is 2. The maximum absolute atomic E-state index is 12.3. The minimum absolute atomic E-state index is 0.0228. The van der Waals surface area contributed by atoms with E-state index in [2.05, 4.69) is 25.7 Å². The number of nitrogens with zero attached hydrogens (tertiary/aromatic N) is 5. The molecule has 2 heterocycles. The van der Waals surface area contributed by atoms with E-state index in [1.54, 1.807) is 19.2 Å². The number of amides is 1. The summed E-state index contributed by atoms with van der Waals surface area (Å²) in [5.74, 6) is 0.553. The maximum atomic E-state index is 12.3. The van der Waals surface area contributed by atoms with Gasteiger partial charge in [0, 0.05) is 6.07 Å². The molecule has 0 aliphatic carbocycles. The highest BCUT2D eigenvalue weighted by Crippen LogP contribution is 2.27. The summed E-state index contributed by atoms with van der Waals surface area (Å²) in [6, 6.07) is 5.43. The summed E-state index contributed by atoms with van der Waals surface area (Å²) in [5, 5.41) is 20.9. The van der Waals surface area contributed by atoms with Gasteiger partial charge in [-0.25, -0.2) is 4.68 Å². The van der Waals surface area contributed by atoms with Gasteiger partial charge in [0.05, 0.1) is 25.0 Å². The van der Waals surface area contributed by atoms with E-state index in [1.165, 1.54) is 23.9 Å². The fourth-order valence-corrected chi connectivity index (χ4v) is 2.89. The smallest absolute Gasteiger partial charge is 0.290 e. The van der Waals surface area contributed by atoms with Crippen LogP contribution in [0.5, 0.6) is 5.75 Å². The Labute approximate surface area is 157 Å². The third kappa shape index (κ3) is 6.33. The van der Waals surface area contributed by atoms with E-state index in [-0.39, 0.29) is 12.4 Å². The lowest BCUT2D eigenvalue weighted by molar-refractivity contribution is -0.123. The van der Waals surface area contributed by atoms with Gasteiger partial charge in [0.1, 0.15) is 12.1 Å². The third-order valence-electron chi connectivity index (χ3n) is 4.14. The summed E-state index contributed by atoms with van der Waals surface area (Å²) < 4.78 is 6.92. The second-order valence-electron chi connectivity index (χ2n) is 5.98. The highest BCUT2D eigenvalue weighted by Gasteiger charge is 2.15. The minimum Gasteiger partial charge on any atom is -0.494 e. The summed E-state index contributed by atoms with van der Waals surface area (Å²) >= 11 is 0. The molecule has 2 N–H and O–H groups in total. The van der Waals surface area contributed by atoms with Crippen LogP contribution < -0.4 is 10.1 Å². The number of hydrogen-bond donors (Lipinski definition) is 2. The molecule has 1 aromatic carbocycles. The molecule has 1 fully saturated rings. The SMILES string of the molecule is COc1cc(-n2cnnn2)ccc1NC(=O)CN1CCCCCC1.O=CO. The first-order chi connectivity index (χ1) is 13.2. The number of tetrazole rings is 1. The Kier molecular flexibility index (Phi) is 8.17. The monoisotopic (exact) mass is 376 g/mol. The molecule has 2 aromatic rings. The molecule has 0 spiro atoms. The van der Waals surface area contributed by atoms with Crippen molar-refractivity contribution in [3.63, 3.8) is 0 Å². The number of aromatic nitrogens is 4. The lowest BCUT2D eigenvalue weighted by Gasteiger charge is -2.19. The van der Waals surface area contributed by atoms with Gasteiger partial charge >= 0.3 is 0 Å². The van der Waals surface area contributed by atoms with E-state index in [1.807, 2.05) is 6.07 Å². The molecule has 0 unspecified atom stereocenters.